The van der Waals surface area contributed by atoms with Gasteiger partial charge in [0.1, 0.15) is 10.4 Å². The highest BCUT2D eigenvalue weighted by atomic mass is 79.9. The fourth-order valence-corrected chi connectivity index (χ4v) is 2.33. The van der Waals surface area contributed by atoms with Crippen LogP contribution in [0, 0.1) is 5.82 Å². The zero-order valence-corrected chi connectivity index (χ0v) is 11.9. The van der Waals surface area contributed by atoms with Crippen LogP contribution in [-0.4, -0.2) is 22.5 Å². The molecule has 1 aromatic carbocycles. The van der Waals surface area contributed by atoms with Crippen LogP contribution >= 0.6 is 15.9 Å². The maximum Gasteiger partial charge on any atom is 0.260 e. The van der Waals surface area contributed by atoms with E-state index in [0.717, 1.165) is 5.56 Å². The lowest BCUT2D eigenvalue weighted by molar-refractivity contribution is 0.0497. The number of hydrogen-bond donors (Lipinski definition) is 0. The number of nitrogens with zero attached hydrogens (tertiary/aromatic N) is 2. The van der Waals surface area contributed by atoms with Crippen LogP contribution < -0.4 is 4.74 Å². The number of aromatic nitrogens is 1. The summed E-state index contributed by atoms with van der Waals surface area (Å²) >= 11 is 3.23. The molecule has 1 aromatic heterocycles. The van der Waals surface area contributed by atoms with Crippen LogP contribution in [0.15, 0.2) is 41.1 Å². The minimum absolute atomic E-state index is 0.126. The lowest BCUT2D eigenvalue weighted by atomic mass is 10.1. The number of rotatable bonds is 2. The molecule has 0 unspecified atom stereocenters. The number of carbonyl (C=O) groups excluding carboxylic acids is 1. The first-order valence-corrected chi connectivity index (χ1v) is 6.75. The number of carbonyl (C=O) groups is 1. The van der Waals surface area contributed by atoms with E-state index in [2.05, 4.69) is 20.9 Å². The fraction of sp³-hybridized carbons (Fsp3) is 0.143. The molecule has 2 aromatic rings. The Morgan fingerprint density at radius 1 is 1.35 bits per heavy atom. The van der Waals surface area contributed by atoms with Gasteiger partial charge in [0.25, 0.3) is 5.91 Å². The Bertz CT molecular complexity index is 661. The molecule has 1 aliphatic heterocycles. The maximum absolute atomic E-state index is 12.9. The molecule has 3 rings (SSSR count). The van der Waals surface area contributed by atoms with Crippen LogP contribution in [0.4, 0.5) is 4.39 Å². The lowest BCUT2D eigenvalue weighted by Crippen LogP contribution is -2.38. The van der Waals surface area contributed by atoms with E-state index in [1.807, 2.05) is 0 Å². The highest BCUT2D eigenvalue weighted by Gasteiger charge is 2.26. The van der Waals surface area contributed by atoms with E-state index in [9.17, 15) is 9.18 Å². The maximum atomic E-state index is 12.9. The van der Waals surface area contributed by atoms with Crippen molar-refractivity contribution in [1.82, 2.24) is 9.88 Å². The zero-order valence-electron chi connectivity index (χ0n) is 10.3. The summed E-state index contributed by atoms with van der Waals surface area (Å²) < 4.78 is 19.0. The highest BCUT2D eigenvalue weighted by Crippen LogP contribution is 2.27. The number of hydrogen-bond acceptors (Lipinski definition) is 3. The van der Waals surface area contributed by atoms with Gasteiger partial charge in [-0.1, -0.05) is 12.1 Å². The number of ether oxygens (including phenoxy) is 1. The van der Waals surface area contributed by atoms with E-state index in [1.54, 1.807) is 23.1 Å². The van der Waals surface area contributed by atoms with Gasteiger partial charge < -0.3 is 9.64 Å². The van der Waals surface area contributed by atoms with E-state index in [0.29, 0.717) is 22.5 Å². The number of pyridine rings is 1. The SMILES string of the molecule is O=C1c2cc(Br)ncc2OCN1Cc1ccc(F)cc1. The van der Waals surface area contributed by atoms with Crippen LogP contribution in [0.25, 0.3) is 0 Å². The molecule has 0 N–H and O–H groups in total. The average Bonchev–Trinajstić information content (AvgIpc) is 2.45. The Morgan fingerprint density at radius 3 is 2.85 bits per heavy atom. The molecule has 0 spiro atoms. The smallest absolute Gasteiger partial charge is 0.260 e. The van der Waals surface area contributed by atoms with Crippen molar-refractivity contribution in [3.05, 3.63) is 58.1 Å². The monoisotopic (exact) mass is 336 g/mol. The molecule has 4 nitrogen and oxygen atoms in total. The molecule has 0 aliphatic carbocycles. The molecule has 20 heavy (non-hydrogen) atoms. The Labute approximate surface area is 123 Å². The quantitative estimate of drug-likeness (QED) is 0.792. The molecule has 102 valence electrons. The van der Waals surface area contributed by atoms with Crippen molar-refractivity contribution in [3.8, 4) is 5.75 Å². The predicted molar refractivity (Wildman–Crippen MR) is 73.7 cm³/mol. The van der Waals surface area contributed by atoms with Crippen LogP contribution in [0.3, 0.4) is 0 Å². The van der Waals surface area contributed by atoms with Crippen molar-refractivity contribution in [2.45, 2.75) is 6.54 Å². The van der Waals surface area contributed by atoms with Crippen molar-refractivity contribution in [2.24, 2.45) is 0 Å². The summed E-state index contributed by atoms with van der Waals surface area (Å²) in [6, 6.07) is 7.69. The van der Waals surface area contributed by atoms with Gasteiger partial charge in [0.2, 0.25) is 0 Å². The summed E-state index contributed by atoms with van der Waals surface area (Å²) in [6.07, 6.45) is 1.52. The van der Waals surface area contributed by atoms with Crippen molar-refractivity contribution in [3.63, 3.8) is 0 Å². The molecule has 1 aliphatic rings. The molecule has 0 fully saturated rings. The molecular weight excluding hydrogens is 327 g/mol. The topological polar surface area (TPSA) is 42.4 Å². The minimum Gasteiger partial charge on any atom is -0.471 e. The van der Waals surface area contributed by atoms with Crippen molar-refractivity contribution >= 4 is 21.8 Å². The molecule has 6 heteroatoms. The summed E-state index contributed by atoms with van der Waals surface area (Å²) in [5.74, 6) is 0.0579. The number of amides is 1. The molecule has 0 bridgehead atoms. The molecule has 0 saturated carbocycles. The summed E-state index contributed by atoms with van der Waals surface area (Å²) in [7, 11) is 0. The van der Waals surface area contributed by atoms with Crippen LogP contribution in [0.5, 0.6) is 5.75 Å². The second-order valence-electron chi connectivity index (χ2n) is 4.41. The molecule has 0 saturated heterocycles. The first kappa shape index (κ1) is 13.1. The molecule has 0 atom stereocenters. The van der Waals surface area contributed by atoms with E-state index < -0.39 is 0 Å². The van der Waals surface area contributed by atoms with Crippen LogP contribution in [0.2, 0.25) is 0 Å². The Balaban J connectivity index is 1.83. The molecule has 0 radical (unpaired) electrons. The van der Waals surface area contributed by atoms with E-state index >= 15 is 0 Å². The number of benzene rings is 1. The normalized spacial score (nSPS) is 13.9. The van der Waals surface area contributed by atoms with Gasteiger partial charge >= 0.3 is 0 Å². The van der Waals surface area contributed by atoms with Gasteiger partial charge in [0.15, 0.2) is 12.5 Å². The first-order valence-electron chi connectivity index (χ1n) is 5.95. The van der Waals surface area contributed by atoms with Crippen LogP contribution in [0.1, 0.15) is 15.9 Å². The van der Waals surface area contributed by atoms with Crippen molar-refractivity contribution in [2.75, 3.05) is 6.73 Å². The average molecular weight is 337 g/mol. The van der Waals surface area contributed by atoms with E-state index in [1.165, 1.54) is 18.3 Å². The highest BCUT2D eigenvalue weighted by molar-refractivity contribution is 9.10. The predicted octanol–water partition coefficient (Wildman–Crippen LogP) is 2.98. The third kappa shape index (κ3) is 2.51. The van der Waals surface area contributed by atoms with Gasteiger partial charge in [-0.2, -0.15) is 0 Å². The van der Waals surface area contributed by atoms with E-state index in [-0.39, 0.29) is 18.5 Å². The largest absolute Gasteiger partial charge is 0.471 e. The van der Waals surface area contributed by atoms with Gasteiger partial charge in [-0.05, 0) is 39.7 Å². The molecule has 1 amide bonds. The van der Waals surface area contributed by atoms with Gasteiger partial charge in [-0.3, -0.25) is 4.79 Å². The fourth-order valence-electron chi connectivity index (χ4n) is 2.00. The van der Waals surface area contributed by atoms with Gasteiger partial charge in [0.05, 0.1) is 11.8 Å². The third-order valence-corrected chi connectivity index (χ3v) is 3.45. The van der Waals surface area contributed by atoms with Crippen molar-refractivity contribution < 1.29 is 13.9 Å². The summed E-state index contributed by atoms with van der Waals surface area (Å²) in [5, 5.41) is 0. The van der Waals surface area contributed by atoms with Crippen LogP contribution in [-0.2, 0) is 6.54 Å². The Hall–Kier alpha value is -1.95. The summed E-state index contributed by atoms with van der Waals surface area (Å²) in [4.78, 5) is 17.9. The Morgan fingerprint density at radius 2 is 2.10 bits per heavy atom. The standard InChI is InChI=1S/C14H10BrFN2O2/c15-13-5-11-12(6-17-13)20-8-18(14(11)19)7-9-1-3-10(16)4-2-9/h1-6H,7-8H2. The lowest BCUT2D eigenvalue weighted by Gasteiger charge is -2.28. The zero-order chi connectivity index (χ0) is 14.1. The molecule has 2 heterocycles. The number of halogens is 2. The summed E-state index contributed by atoms with van der Waals surface area (Å²) in [5.41, 5.74) is 1.32. The Kier molecular flexibility index (Phi) is 3.40. The second-order valence-corrected chi connectivity index (χ2v) is 5.22. The van der Waals surface area contributed by atoms with Gasteiger partial charge in [-0.25, -0.2) is 9.37 Å². The minimum atomic E-state index is -0.296. The molecular formula is C14H10BrFN2O2. The first-order chi connectivity index (χ1) is 9.63. The van der Waals surface area contributed by atoms with Gasteiger partial charge in [0, 0.05) is 6.54 Å². The second kappa shape index (κ2) is 5.20. The summed E-state index contributed by atoms with van der Waals surface area (Å²) in [6.45, 7) is 0.533. The van der Waals surface area contributed by atoms with E-state index in [4.69, 9.17) is 4.74 Å². The third-order valence-electron chi connectivity index (χ3n) is 3.01. The number of fused-ring (bicyclic) bond motifs is 1. The van der Waals surface area contributed by atoms with Crippen molar-refractivity contribution in [1.29, 1.82) is 0 Å². The van der Waals surface area contributed by atoms with Gasteiger partial charge in [-0.15, -0.1) is 0 Å².